The molecule has 4 spiro atoms. The van der Waals surface area contributed by atoms with Crippen LogP contribution in [-0.4, -0.2) is 26.6 Å². The lowest BCUT2D eigenvalue weighted by Gasteiger charge is -2.34. The molecule has 2 fully saturated rings. The zero-order chi connectivity index (χ0) is 57.8. The van der Waals surface area contributed by atoms with Crippen LogP contribution in [0.15, 0.2) is 82.8 Å². The number of methoxy groups -OCH3 is 2. The molecule has 3 atom stereocenters. The van der Waals surface area contributed by atoms with Crippen molar-refractivity contribution in [3.05, 3.63) is 128 Å². The van der Waals surface area contributed by atoms with Gasteiger partial charge in [0.15, 0.2) is 0 Å². The quantitative estimate of drug-likeness (QED) is 0.123. The molecule has 0 radical (unpaired) electrons. The summed E-state index contributed by atoms with van der Waals surface area (Å²) < 4.78 is 11.8. The Morgan fingerprint density at radius 1 is 0.255 bits per heavy atom. The first kappa shape index (κ1) is 39.7. The van der Waals surface area contributed by atoms with Crippen LogP contribution in [0.4, 0.5) is 11.4 Å². The van der Waals surface area contributed by atoms with Crippen LogP contribution in [-0.2, 0) is 34.5 Å². The Labute approximate surface area is 524 Å². The fourth-order valence-electron chi connectivity index (χ4n) is 32.1. The van der Waals surface area contributed by atoms with Gasteiger partial charge in [0, 0.05) is 44.9 Å². The lowest BCUT2D eigenvalue weighted by molar-refractivity contribution is 0.414. The molecule has 0 saturated heterocycles. The topological polar surface area (TPSA) is 43.2 Å². The van der Waals surface area contributed by atoms with E-state index in [2.05, 4.69) is 85.2 Å². The Morgan fingerprint density at radius 2 is 0.457 bits per heavy atom. The number of benzene rings is 19. The molecule has 2 saturated carbocycles. The van der Waals surface area contributed by atoms with Crippen molar-refractivity contribution in [3.63, 3.8) is 0 Å². The van der Waals surface area contributed by atoms with Crippen LogP contribution in [0, 0.1) is 10.8 Å². The zero-order valence-corrected chi connectivity index (χ0v) is 50.0. The maximum absolute atomic E-state index is 6.13. The highest BCUT2D eigenvalue weighted by Gasteiger charge is 2.98. The molecule has 414 valence electrons. The Morgan fingerprint density at radius 3 is 0.702 bits per heavy atom. The lowest BCUT2D eigenvalue weighted by Crippen LogP contribution is -2.28. The maximum atomic E-state index is 6.13. The largest absolute Gasteiger partial charge is 0.497 e. The van der Waals surface area contributed by atoms with E-state index >= 15 is 0 Å². The van der Waals surface area contributed by atoms with E-state index in [1.165, 1.54) is 11.1 Å². The van der Waals surface area contributed by atoms with Gasteiger partial charge in [-0.15, -0.1) is 0 Å². The molecule has 4 nitrogen and oxygen atoms in total. The number of ether oxygens (including phenoxy) is 2. The van der Waals surface area contributed by atoms with Gasteiger partial charge in [-0.3, -0.25) is 9.98 Å². The molecular formula is C90H32N2O2. The van der Waals surface area contributed by atoms with Crippen molar-refractivity contribution >= 4 is 272 Å². The molecule has 0 heterocycles. The summed E-state index contributed by atoms with van der Waals surface area (Å²) >= 11 is 0. The van der Waals surface area contributed by atoms with Crippen molar-refractivity contribution in [2.75, 3.05) is 14.2 Å². The summed E-state index contributed by atoms with van der Waals surface area (Å²) in [4.78, 5) is 12.3. The molecule has 27 aromatic rings. The van der Waals surface area contributed by atoms with Gasteiger partial charge in [0.05, 0.1) is 25.6 Å². The van der Waals surface area contributed by atoms with Gasteiger partial charge in [-0.05, 0) is 402 Å². The van der Waals surface area contributed by atoms with Gasteiger partial charge in [0.2, 0.25) is 0 Å². The second-order valence-corrected chi connectivity index (χ2v) is 33.4. The van der Waals surface area contributed by atoms with E-state index in [-0.39, 0.29) is 0 Å². The summed E-state index contributed by atoms with van der Waals surface area (Å²) in [6.07, 6.45) is 11.8. The number of aliphatic imine (C=N–C) groups is 2. The van der Waals surface area contributed by atoms with Crippen molar-refractivity contribution in [1.29, 1.82) is 0 Å². The molecule has 94 heavy (non-hydrogen) atoms. The third-order valence-corrected chi connectivity index (χ3v) is 32.8. The average Bonchev–Trinajstić information content (AvgIpc) is 1.34. The zero-order valence-electron chi connectivity index (χ0n) is 50.0. The van der Waals surface area contributed by atoms with Gasteiger partial charge in [-0.1, -0.05) is 24.3 Å². The van der Waals surface area contributed by atoms with Gasteiger partial charge >= 0.3 is 0 Å². The smallest absolute Gasteiger partial charge is 0.119 e. The minimum atomic E-state index is -0.411. The summed E-state index contributed by atoms with van der Waals surface area (Å²) in [5.41, 5.74) is 19.9. The molecule has 0 aliphatic heterocycles. The molecule has 0 amide bonds. The van der Waals surface area contributed by atoms with E-state index in [0.717, 1.165) is 61.4 Å². The molecule has 4 heteroatoms. The SMILES string of the molecule is COc1ccc(N=CC23CCCc4ccc(cc4)CCCC4(C=Nc5ccc(OC)cc5)C56c7c8c9c%10c%11c%12c%13c%14c%15c%16c%17c(c-8c5c5c8c%18c%19c%20c(c%21c7c%10c7c%21c%10c%20c%20c%21c%19c%19c8c(c5%17)c5c%16c8c%14c%14c%13c%13c%11c7c7c%10c%20c%10c(c%137)c%14c7c8c5c%19c%21c7%10)C%1846)C%152C9%123)cc1. The van der Waals surface area contributed by atoms with Crippen molar-refractivity contribution in [2.45, 2.75) is 60.2 Å². The molecule has 12 bridgehead atoms. The highest BCUT2D eigenvalue weighted by molar-refractivity contribution is 6.79. The maximum Gasteiger partial charge on any atom is 0.119 e. The van der Waals surface area contributed by atoms with Crippen molar-refractivity contribution in [2.24, 2.45) is 20.8 Å². The van der Waals surface area contributed by atoms with Gasteiger partial charge in [0.1, 0.15) is 11.5 Å². The van der Waals surface area contributed by atoms with E-state index in [9.17, 15) is 0 Å². The predicted molar refractivity (Wildman–Crippen MR) is 386 cm³/mol. The third kappa shape index (κ3) is 2.40. The highest BCUT2D eigenvalue weighted by Crippen LogP contribution is 3.02. The highest BCUT2D eigenvalue weighted by atomic mass is 16.5. The molecule has 3 unspecified atom stereocenters. The molecule has 27 aromatic carbocycles. The Hall–Kier alpha value is -10.7. The molecular weight excluding hydrogens is 1140 g/mol. The third-order valence-electron chi connectivity index (χ3n) is 32.8. The summed E-state index contributed by atoms with van der Waals surface area (Å²) in [5.74, 6) is 1.76. The summed E-state index contributed by atoms with van der Waals surface area (Å²) in [5, 5.41) is 76.0. The van der Waals surface area contributed by atoms with Gasteiger partial charge in [-0.25, -0.2) is 0 Å². The van der Waals surface area contributed by atoms with Crippen LogP contribution >= 0.6 is 0 Å². The first-order chi connectivity index (χ1) is 46.7. The van der Waals surface area contributed by atoms with E-state index in [1.807, 2.05) is 0 Å². The normalized spacial score (nSPS) is 27.6. The monoisotopic (exact) mass is 1170 g/mol. The van der Waals surface area contributed by atoms with Crippen LogP contribution < -0.4 is 9.47 Å². The Kier molecular flexibility index (Phi) is 4.15. The molecule has 14 aliphatic carbocycles. The molecule has 14 aliphatic rings. The fourth-order valence-corrected chi connectivity index (χ4v) is 32.1. The van der Waals surface area contributed by atoms with Crippen LogP contribution in [0.5, 0.6) is 11.5 Å². The Bertz CT molecular complexity index is 8360. The first-order valence-corrected chi connectivity index (χ1v) is 35.1. The number of hydrogen-bond donors (Lipinski definition) is 0. The van der Waals surface area contributed by atoms with Crippen LogP contribution in [0.2, 0.25) is 0 Å². The van der Waals surface area contributed by atoms with E-state index in [0.29, 0.717) is 0 Å². The number of hydrogen-bond acceptors (Lipinski definition) is 4. The van der Waals surface area contributed by atoms with Gasteiger partial charge in [-0.2, -0.15) is 0 Å². The molecule has 41 rings (SSSR count). The fraction of sp³-hybridized carbons (Fsp3) is 0.156. The first-order valence-electron chi connectivity index (χ1n) is 35.1. The van der Waals surface area contributed by atoms with E-state index < -0.39 is 32.5 Å². The average molecular weight is 1170 g/mol. The second kappa shape index (κ2) is 9.83. The van der Waals surface area contributed by atoms with E-state index in [1.54, 1.807) is 318 Å². The number of aryl methyl sites for hydroxylation is 2. The lowest BCUT2D eigenvalue weighted by atomic mass is 9.66. The summed E-state index contributed by atoms with van der Waals surface area (Å²) in [6.45, 7) is 0. The Balaban J connectivity index is 0.919. The minimum absolute atomic E-state index is 0.395. The number of nitrogens with zero attached hydrogens (tertiary/aromatic N) is 2. The molecule has 0 aromatic heterocycles. The predicted octanol–water partition coefficient (Wildman–Crippen LogP) is 22.0. The standard InChI is InChI=1S/C90H32N2O2/c1-93-27-15-11-25(12-16-27)91-21-85-19-3-5-23-7-9-24(10-8-23)6-4-20-86(22-92-26-13-17-28(94-2)18-14-26)88-79-65-57-46-38-31-29-30-32-37(31)50(57)58-47-39(32)36-41-34(30)43-42-33(29)40-35(38)44-51-59-48(40)53(42)63-64-54(43)49(41)60-52-45(36)56(47)68-72-62(52)74-70(60)78(64)87(85)77(63)69(59)73-61(51)71(67(79)55(44)46)81(88)75-76(84(74)90(85,87)83(73)75)82(72)89(86,88)80(68)66(58)65/h7-18,21-22H,3-6,19-20H2,1-2H3. The van der Waals surface area contributed by atoms with Crippen molar-refractivity contribution in [3.8, 4) is 22.6 Å². The minimum Gasteiger partial charge on any atom is -0.497 e. The van der Waals surface area contributed by atoms with Crippen LogP contribution in [0.1, 0.15) is 81.3 Å². The summed E-state index contributed by atoms with van der Waals surface area (Å²) in [6, 6.07) is 27.7. The number of rotatable bonds is 6. The second-order valence-electron chi connectivity index (χ2n) is 33.4. The van der Waals surface area contributed by atoms with Crippen LogP contribution in [0.3, 0.4) is 0 Å². The molecule has 0 N–H and O–H groups in total. The van der Waals surface area contributed by atoms with Crippen LogP contribution in [0.25, 0.3) is 259 Å². The van der Waals surface area contributed by atoms with Gasteiger partial charge in [0.25, 0.3) is 0 Å². The van der Waals surface area contributed by atoms with E-state index in [4.69, 9.17) is 19.5 Å². The van der Waals surface area contributed by atoms with Gasteiger partial charge < -0.3 is 9.47 Å². The van der Waals surface area contributed by atoms with Crippen molar-refractivity contribution < 1.29 is 9.47 Å². The summed E-state index contributed by atoms with van der Waals surface area (Å²) in [7, 11) is 3.60. The van der Waals surface area contributed by atoms with Crippen molar-refractivity contribution in [1.82, 2.24) is 0 Å².